The average molecular weight is 459 g/mol. The largest absolute Gasteiger partial charge is 0.416 e. The van der Waals surface area contributed by atoms with Gasteiger partial charge < -0.3 is 15.0 Å². The van der Waals surface area contributed by atoms with Gasteiger partial charge in [-0.3, -0.25) is 4.79 Å². The van der Waals surface area contributed by atoms with Crippen LogP contribution in [0.1, 0.15) is 47.0 Å². The molecule has 11 heteroatoms. The lowest BCUT2D eigenvalue weighted by molar-refractivity contribution is -0.139. The van der Waals surface area contributed by atoms with E-state index >= 15 is 0 Å². The van der Waals surface area contributed by atoms with Crippen molar-refractivity contribution in [1.82, 2.24) is 14.2 Å². The number of piperidine rings is 1. The highest BCUT2D eigenvalue weighted by Gasteiger charge is 2.35. The van der Waals surface area contributed by atoms with Gasteiger partial charge in [0.25, 0.3) is 5.91 Å². The number of hydrogen-bond acceptors (Lipinski definition) is 4. The van der Waals surface area contributed by atoms with Gasteiger partial charge in [-0.1, -0.05) is 24.6 Å². The molecule has 1 aromatic heterocycles. The van der Waals surface area contributed by atoms with E-state index in [1.807, 2.05) is 0 Å². The number of aryl methyl sites for hydroxylation is 1. The van der Waals surface area contributed by atoms with E-state index in [0.717, 1.165) is 31.4 Å². The van der Waals surface area contributed by atoms with Gasteiger partial charge in [0.15, 0.2) is 0 Å². The van der Waals surface area contributed by atoms with Gasteiger partial charge in [0.1, 0.15) is 10.6 Å². The number of aromatic nitrogens is 1. The molecule has 1 aromatic carbocycles. The molecule has 1 aliphatic rings. The zero-order valence-corrected chi connectivity index (χ0v) is 17.7. The minimum atomic E-state index is -4.64. The van der Waals surface area contributed by atoms with Crippen molar-refractivity contribution in [2.75, 3.05) is 19.6 Å². The molecule has 2 heterocycles. The fraction of sp³-hybridized carbons (Fsp3) is 0.450. The summed E-state index contributed by atoms with van der Waals surface area (Å²) in [6, 6.07) is 5.81. The van der Waals surface area contributed by atoms with Gasteiger partial charge in [-0.25, -0.2) is 8.42 Å². The minimum absolute atomic E-state index is 0.0203. The van der Waals surface area contributed by atoms with Crippen molar-refractivity contribution in [3.8, 4) is 0 Å². The number of sulfonamides is 1. The predicted octanol–water partition coefficient (Wildman–Crippen LogP) is 2.68. The van der Waals surface area contributed by atoms with E-state index in [2.05, 4.69) is 5.32 Å². The second kappa shape index (κ2) is 9.01. The first kappa shape index (κ1) is 23.3. The van der Waals surface area contributed by atoms with Gasteiger partial charge in [0.05, 0.1) is 11.7 Å². The molecule has 0 aliphatic carbocycles. The zero-order valence-electron chi connectivity index (χ0n) is 16.9. The number of benzene rings is 1. The Morgan fingerprint density at radius 1 is 1.19 bits per heavy atom. The van der Waals surface area contributed by atoms with Crippen LogP contribution in [-0.4, -0.2) is 47.9 Å². The number of aliphatic hydroxyl groups is 1. The molecule has 1 fully saturated rings. The summed E-state index contributed by atoms with van der Waals surface area (Å²) < 4.78 is 67.7. The monoisotopic (exact) mass is 459 g/mol. The molecule has 0 saturated carbocycles. The first-order valence-corrected chi connectivity index (χ1v) is 11.2. The molecule has 0 radical (unpaired) electrons. The minimum Gasteiger partial charge on any atom is -0.387 e. The van der Waals surface area contributed by atoms with E-state index in [1.165, 1.54) is 40.3 Å². The van der Waals surface area contributed by atoms with E-state index in [4.69, 9.17) is 0 Å². The van der Waals surface area contributed by atoms with Crippen LogP contribution in [0.15, 0.2) is 41.4 Å². The predicted molar refractivity (Wildman–Crippen MR) is 107 cm³/mol. The van der Waals surface area contributed by atoms with Crippen LogP contribution in [0, 0.1) is 0 Å². The molecule has 1 aliphatic heterocycles. The molecule has 1 amide bonds. The molecule has 1 atom stereocenters. The normalized spacial score (nSPS) is 16.8. The Kier molecular flexibility index (Phi) is 6.77. The van der Waals surface area contributed by atoms with E-state index in [1.54, 1.807) is 0 Å². The third-order valence-corrected chi connectivity index (χ3v) is 7.11. The Bertz CT molecular complexity index is 1040. The molecule has 170 valence electrons. The number of carbonyl (C=O) groups excluding carboxylic acids is 1. The Balaban J connectivity index is 1.72. The fourth-order valence-electron chi connectivity index (χ4n) is 3.59. The van der Waals surface area contributed by atoms with Gasteiger partial charge in [0, 0.05) is 32.9 Å². The molecule has 1 saturated heterocycles. The van der Waals surface area contributed by atoms with E-state index < -0.39 is 40.3 Å². The van der Waals surface area contributed by atoms with Crippen molar-refractivity contribution in [3.05, 3.63) is 53.3 Å². The van der Waals surface area contributed by atoms with E-state index in [0.29, 0.717) is 13.1 Å². The molecule has 2 aromatic rings. The first-order chi connectivity index (χ1) is 14.5. The Labute approximate surface area is 178 Å². The van der Waals surface area contributed by atoms with Crippen molar-refractivity contribution >= 4 is 15.9 Å². The zero-order chi connectivity index (χ0) is 22.8. The number of rotatable bonds is 6. The standard InChI is InChI=1S/C20H24F3N3O4S/c1-25-13-14(31(29,30)26-9-5-2-6-10-26)11-17(25)19(28)24-12-18(27)15-7-3-4-8-16(15)20(21,22)23/h3-4,7-8,11,13,18,27H,2,5-6,9-10,12H2,1H3,(H,24,28). The highest BCUT2D eigenvalue weighted by Crippen LogP contribution is 2.34. The molecule has 7 nitrogen and oxygen atoms in total. The summed E-state index contributed by atoms with van der Waals surface area (Å²) in [6.07, 6.45) is -2.38. The summed E-state index contributed by atoms with van der Waals surface area (Å²) >= 11 is 0. The lowest BCUT2D eigenvalue weighted by Crippen LogP contribution is -2.35. The van der Waals surface area contributed by atoms with Crippen molar-refractivity contribution in [3.63, 3.8) is 0 Å². The summed E-state index contributed by atoms with van der Waals surface area (Å²) in [5.41, 5.74) is -1.31. The third kappa shape index (κ3) is 5.10. The van der Waals surface area contributed by atoms with Crippen molar-refractivity contribution in [2.45, 2.75) is 36.4 Å². The number of halogens is 3. The van der Waals surface area contributed by atoms with Crippen LogP contribution in [0.5, 0.6) is 0 Å². The summed E-state index contributed by atoms with van der Waals surface area (Å²) in [6.45, 7) is 0.373. The van der Waals surface area contributed by atoms with Crippen LogP contribution in [0.3, 0.4) is 0 Å². The highest BCUT2D eigenvalue weighted by molar-refractivity contribution is 7.89. The summed E-state index contributed by atoms with van der Waals surface area (Å²) in [5.74, 6) is -0.703. The van der Waals surface area contributed by atoms with Gasteiger partial charge in [-0.05, 0) is 30.5 Å². The Hall–Kier alpha value is -2.37. The molecule has 0 bridgehead atoms. The number of nitrogens with one attached hydrogen (secondary N) is 1. The van der Waals surface area contributed by atoms with Crippen LogP contribution < -0.4 is 5.32 Å². The third-order valence-electron chi connectivity index (χ3n) is 5.25. The summed E-state index contributed by atoms with van der Waals surface area (Å²) in [7, 11) is -2.24. The van der Waals surface area contributed by atoms with Crippen LogP contribution in [-0.2, 0) is 23.2 Å². The van der Waals surface area contributed by atoms with Crippen molar-refractivity contribution in [2.24, 2.45) is 7.05 Å². The second-order valence-electron chi connectivity index (χ2n) is 7.45. The number of carbonyl (C=O) groups is 1. The van der Waals surface area contributed by atoms with Crippen LogP contribution in [0.4, 0.5) is 13.2 Å². The van der Waals surface area contributed by atoms with Crippen LogP contribution >= 0.6 is 0 Å². The molecule has 3 rings (SSSR count). The maximum atomic E-state index is 13.1. The number of amides is 1. The van der Waals surface area contributed by atoms with Gasteiger partial charge in [-0.15, -0.1) is 0 Å². The number of hydrogen-bond donors (Lipinski definition) is 2. The average Bonchev–Trinajstić information content (AvgIpc) is 3.14. The molecule has 2 N–H and O–H groups in total. The summed E-state index contributed by atoms with van der Waals surface area (Å²) in [5, 5.41) is 12.6. The summed E-state index contributed by atoms with van der Waals surface area (Å²) in [4.78, 5) is 12.5. The SMILES string of the molecule is Cn1cc(S(=O)(=O)N2CCCCC2)cc1C(=O)NCC(O)c1ccccc1C(F)(F)F. The lowest BCUT2D eigenvalue weighted by atomic mass is 10.0. The van der Waals surface area contributed by atoms with Gasteiger partial charge >= 0.3 is 6.18 Å². The van der Waals surface area contributed by atoms with E-state index in [-0.39, 0.29) is 16.2 Å². The van der Waals surface area contributed by atoms with Crippen molar-refractivity contribution < 1.29 is 31.5 Å². The number of nitrogens with zero attached hydrogens (tertiary/aromatic N) is 2. The van der Waals surface area contributed by atoms with Crippen LogP contribution in [0.2, 0.25) is 0 Å². The van der Waals surface area contributed by atoms with Crippen LogP contribution in [0.25, 0.3) is 0 Å². The molecule has 1 unspecified atom stereocenters. The van der Waals surface area contributed by atoms with Gasteiger partial charge in [0.2, 0.25) is 10.0 Å². The van der Waals surface area contributed by atoms with Gasteiger partial charge in [-0.2, -0.15) is 17.5 Å². The molecular formula is C20H24F3N3O4S. The Morgan fingerprint density at radius 3 is 2.48 bits per heavy atom. The highest BCUT2D eigenvalue weighted by atomic mass is 32.2. The Morgan fingerprint density at radius 2 is 1.84 bits per heavy atom. The quantitative estimate of drug-likeness (QED) is 0.695. The fourth-order valence-corrected chi connectivity index (χ4v) is 5.18. The second-order valence-corrected chi connectivity index (χ2v) is 9.39. The molecular weight excluding hydrogens is 435 g/mol. The maximum Gasteiger partial charge on any atom is 0.416 e. The van der Waals surface area contributed by atoms with Crippen molar-refractivity contribution in [1.29, 1.82) is 0 Å². The van der Waals surface area contributed by atoms with E-state index in [9.17, 15) is 31.5 Å². The number of aliphatic hydroxyl groups excluding tert-OH is 1. The smallest absolute Gasteiger partial charge is 0.387 e. The topological polar surface area (TPSA) is 91.6 Å². The molecule has 0 spiro atoms. The lowest BCUT2D eigenvalue weighted by Gasteiger charge is -2.25. The number of alkyl halides is 3. The maximum absolute atomic E-state index is 13.1. The first-order valence-electron chi connectivity index (χ1n) is 9.80. The molecule has 31 heavy (non-hydrogen) atoms.